The van der Waals surface area contributed by atoms with Gasteiger partial charge in [-0.05, 0) is 43.9 Å². The number of halogens is 1. The van der Waals surface area contributed by atoms with Gasteiger partial charge in [-0.1, -0.05) is 12.1 Å². The van der Waals surface area contributed by atoms with Gasteiger partial charge in [0.25, 0.3) is 0 Å². The predicted octanol–water partition coefficient (Wildman–Crippen LogP) is 3.88. The van der Waals surface area contributed by atoms with Crippen molar-refractivity contribution in [1.82, 2.24) is 10.6 Å². The summed E-state index contributed by atoms with van der Waals surface area (Å²) in [6.07, 6.45) is 2.00. The Hall–Kier alpha value is -2.96. The molecular formula is C24H33FN4O2. The molecule has 2 N–H and O–H groups in total. The number of hydrogen-bond donors (Lipinski definition) is 2. The number of aliphatic imine (C=N–C) groups is 1. The van der Waals surface area contributed by atoms with Crippen molar-refractivity contribution in [3.8, 4) is 11.5 Å². The van der Waals surface area contributed by atoms with E-state index in [-0.39, 0.29) is 5.82 Å². The Morgan fingerprint density at radius 3 is 2.35 bits per heavy atom. The molecule has 1 saturated heterocycles. The number of ether oxygens (including phenoxy) is 2. The van der Waals surface area contributed by atoms with Crippen molar-refractivity contribution in [2.24, 2.45) is 4.99 Å². The Labute approximate surface area is 184 Å². The Morgan fingerprint density at radius 2 is 1.77 bits per heavy atom. The van der Waals surface area contributed by atoms with Crippen molar-refractivity contribution in [1.29, 1.82) is 0 Å². The molecule has 1 heterocycles. The van der Waals surface area contributed by atoms with Crippen LogP contribution in [0.4, 0.5) is 10.1 Å². The first-order chi connectivity index (χ1) is 15.0. The first kappa shape index (κ1) is 22.7. The minimum absolute atomic E-state index is 0.182. The highest BCUT2D eigenvalue weighted by atomic mass is 19.1. The molecule has 7 heteroatoms. The largest absolute Gasteiger partial charge is 0.497 e. The van der Waals surface area contributed by atoms with Crippen molar-refractivity contribution in [3.63, 3.8) is 0 Å². The Kier molecular flexibility index (Phi) is 7.98. The minimum Gasteiger partial charge on any atom is -0.497 e. The van der Waals surface area contributed by atoms with Gasteiger partial charge < -0.3 is 25.0 Å². The molecule has 3 rings (SSSR count). The predicted molar refractivity (Wildman–Crippen MR) is 124 cm³/mol. The second-order valence-corrected chi connectivity index (χ2v) is 7.76. The van der Waals surface area contributed by atoms with Gasteiger partial charge >= 0.3 is 0 Å². The molecule has 1 aliphatic rings. The van der Waals surface area contributed by atoms with Gasteiger partial charge in [-0.2, -0.15) is 0 Å². The van der Waals surface area contributed by atoms with Crippen LogP contribution in [-0.2, 0) is 6.54 Å². The van der Waals surface area contributed by atoms with Crippen molar-refractivity contribution >= 4 is 11.6 Å². The third kappa shape index (κ3) is 6.26. The van der Waals surface area contributed by atoms with Crippen LogP contribution in [0.5, 0.6) is 11.5 Å². The first-order valence-corrected chi connectivity index (χ1v) is 10.8. The standard InChI is InChI=1S/C24H33FN4O2/c1-5-26-24(27-16-18-6-7-23(25)17(2)12-18)28-19-8-10-29(11-9-19)20-13-21(30-3)15-22(14-20)31-4/h6-7,12-15,19H,5,8-11,16H2,1-4H3,(H2,26,27,28). The van der Waals surface area contributed by atoms with Crippen LogP contribution < -0.4 is 25.0 Å². The van der Waals surface area contributed by atoms with Gasteiger partial charge in [0.2, 0.25) is 0 Å². The SMILES string of the molecule is CCNC(=NCc1ccc(F)c(C)c1)NC1CCN(c2cc(OC)cc(OC)c2)CC1. The molecule has 0 atom stereocenters. The summed E-state index contributed by atoms with van der Waals surface area (Å²) in [5.74, 6) is 2.21. The maximum Gasteiger partial charge on any atom is 0.191 e. The zero-order valence-electron chi connectivity index (χ0n) is 18.9. The van der Waals surface area contributed by atoms with Gasteiger partial charge in [0.1, 0.15) is 17.3 Å². The van der Waals surface area contributed by atoms with Crippen LogP contribution in [0, 0.1) is 12.7 Å². The zero-order valence-corrected chi connectivity index (χ0v) is 18.9. The van der Waals surface area contributed by atoms with E-state index in [0.717, 1.165) is 61.2 Å². The van der Waals surface area contributed by atoms with Crippen LogP contribution in [0.3, 0.4) is 0 Å². The highest BCUT2D eigenvalue weighted by Gasteiger charge is 2.21. The van der Waals surface area contributed by atoms with Crippen molar-refractivity contribution in [2.75, 3.05) is 38.8 Å². The molecule has 0 saturated carbocycles. The van der Waals surface area contributed by atoms with Crippen LogP contribution in [0.15, 0.2) is 41.4 Å². The summed E-state index contributed by atoms with van der Waals surface area (Å²) in [6.45, 7) is 7.00. The highest BCUT2D eigenvalue weighted by molar-refractivity contribution is 5.80. The Morgan fingerprint density at radius 1 is 1.10 bits per heavy atom. The molecule has 2 aromatic rings. The molecule has 0 aliphatic carbocycles. The van der Waals surface area contributed by atoms with E-state index < -0.39 is 0 Å². The van der Waals surface area contributed by atoms with E-state index in [1.165, 1.54) is 6.07 Å². The summed E-state index contributed by atoms with van der Waals surface area (Å²) in [7, 11) is 3.34. The van der Waals surface area contributed by atoms with E-state index in [1.54, 1.807) is 27.2 Å². The molecule has 31 heavy (non-hydrogen) atoms. The average Bonchev–Trinajstić information content (AvgIpc) is 2.80. The number of anilines is 1. The molecule has 0 spiro atoms. The number of piperidine rings is 1. The Bertz CT molecular complexity index is 873. The number of guanidine groups is 1. The van der Waals surface area contributed by atoms with E-state index in [9.17, 15) is 4.39 Å². The van der Waals surface area contributed by atoms with E-state index in [1.807, 2.05) is 24.3 Å². The lowest BCUT2D eigenvalue weighted by molar-refractivity contribution is 0.393. The molecule has 0 radical (unpaired) electrons. The maximum atomic E-state index is 13.5. The molecule has 0 unspecified atom stereocenters. The van der Waals surface area contributed by atoms with Gasteiger partial charge in [-0.25, -0.2) is 9.38 Å². The fourth-order valence-corrected chi connectivity index (χ4v) is 3.75. The number of nitrogens with one attached hydrogen (secondary N) is 2. The Balaban J connectivity index is 1.59. The van der Waals surface area contributed by atoms with E-state index >= 15 is 0 Å². The number of aryl methyl sites for hydroxylation is 1. The molecule has 1 aliphatic heterocycles. The third-order valence-electron chi connectivity index (χ3n) is 5.52. The van der Waals surface area contributed by atoms with Gasteiger partial charge in [0.05, 0.1) is 20.8 Å². The first-order valence-electron chi connectivity index (χ1n) is 10.8. The third-order valence-corrected chi connectivity index (χ3v) is 5.52. The summed E-state index contributed by atoms with van der Waals surface area (Å²) in [5.41, 5.74) is 2.76. The molecule has 2 aromatic carbocycles. The topological polar surface area (TPSA) is 58.1 Å². The summed E-state index contributed by atoms with van der Waals surface area (Å²) in [4.78, 5) is 7.05. The zero-order chi connectivity index (χ0) is 22.2. The van der Waals surface area contributed by atoms with E-state index in [2.05, 4.69) is 22.5 Å². The van der Waals surface area contributed by atoms with Gasteiger partial charge in [-0.3, -0.25) is 0 Å². The number of methoxy groups -OCH3 is 2. The van der Waals surface area contributed by atoms with Crippen molar-refractivity contribution in [2.45, 2.75) is 39.3 Å². The average molecular weight is 429 g/mol. The minimum atomic E-state index is -0.182. The van der Waals surface area contributed by atoms with Crippen molar-refractivity contribution < 1.29 is 13.9 Å². The molecule has 168 valence electrons. The van der Waals surface area contributed by atoms with Crippen LogP contribution >= 0.6 is 0 Å². The molecule has 6 nitrogen and oxygen atoms in total. The van der Waals surface area contributed by atoms with Gasteiger partial charge in [0.15, 0.2) is 5.96 Å². The lowest BCUT2D eigenvalue weighted by Gasteiger charge is -2.34. The summed E-state index contributed by atoms with van der Waals surface area (Å²) in [5, 5.41) is 6.88. The molecule has 1 fully saturated rings. The van der Waals surface area contributed by atoms with Crippen molar-refractivity contribution in [3.05, 3.63) is 53.3 Å². The smallest absolute Gasteiger partial charge is 0.191 e. The molecule has 0 aromatic heterocycles. The summed E-state index contributed by atoms with van der Waals surface area (Å²) >= 11 is 0. The summed E-state index contributed by atoms with van der Waals surface area (Å²) < 4.78 is 24.3. The van der Waals surface area contributed by atoms with Gasteiger partial charge in [-0.15, -0.1) is 0 Å². The highest BCUT2D eigenvalue weighted by Crippen LogP contribution is 2.30. The number of nitrogens with zero attached hydrogens (tertiary/aromatic N) is 2. The normalized spacial score (nSPS) is 15.0. The second kappa shape index (κ2) is 10.9. The fraction of sp³-hybridized carbons (Fsp3) is 0.458. The number of hydrogen-bond acceptors (Lipinski definition) is 4. The quantitative estimate of drug-likeness (QED) is 0.518. The number of rotatable bonds is 7. The molecular weight excluding hydrogens is 395 g/mol. The molecule has 0 amide bonds. The van der Waals surface area contributed by atoms with Crippen LogP contribution in [0.1, 0.15) is 30.9 Å². The number of benzene rings is 2. The second-order valence-electron chi connectivity index (χ2n) is 7.76. The van der Waals surface area contributed by atoms with Gasteiger partial charge in [0, 0.05) is 49.6 Å². The van der Waals surface area contributed by atoms with E-state index in [0.29, 0.717) is 18.2 Å². The fourth-order valence-electron chi connectivity index (χ4n) is 3.75. The van der Waals surface area contributed by atoms with Crippen LogP contribution in [0.25, 0.3) is 0 Å². The maximum absolute atomic E-state index is 13.5. The lowest BCUT2D eigenvalue weighted by atomic mass is 10.0. The van der Waals surface area contributed by atoms with E-state index in [4.69, 9.17) is 14.5 Å². The molecule has 0 bridgehead atoms. The summed E-state index contributed by atoms with van der Waals surface area (Å²) in [6, 6.07) is 11.5. The monoisotopic (exact) mass is 428 g/mol. The lowest BCUT2D eigenvalue weighted by Crippen LogP contribution is -2.48. The van der Waals surface area contributed by atoms with Crippen LogP contribution in [0.2, 0.25) is 0 Å². The van der Waals surface area contributed by atoms with Crippen LogP contribution in [-0.4, -0.2) is 45.9 Å².